The van der Waals surface area contributed by atoms with E-state index in [-0.39, 0.29) is 71.1 Å². The summed E-state index contributed by atoms with van der Waals surface area (Å²) in [5.74, 6) is -5.03. The van der Waals surface area contributed by atoms with E-state index >= 15 is 4.39 Å². The van der Waals surface area contributed by atoms with E-state index in [4.69, 9.17) is 9.97 Å². The summed E-state index contributed by atoms with van der Waals surface area (Å²) in [7, 11) is -8.34. The fourth-order valence-electron chi connectivity index (χ4n) is 9.16. The highest BCUT2D eigenvalue weighted by atomic mass is 32.2. The molecule has 2 unspecified atom stereocenters. The molecule has 5 fully saturated rings. The molecule has 3 saturated heterocycles. The van der Waals surface area contributed by atoms with E-state index in [1.807, 2.05) is 4.72 Å². The largest absolute Gasteiger partial charge is 0.417 e. The van der Waals surface area contributed by atoms with E-state index in [2.05, 4.69) is 20.1 Å². The van der Waals surface area contributed by atoms with Gasteiger partial charge in [0.15, 0.2) is 20.8 Å². The number of nitrogens with one attached hydrogen (secondary N) is 2. The summed E-state index contributed by atoms with van der Waals surface area (Å²) in [6, 6.07) is 6.39. The second kappa shape index (κ2) is 13.2. The van der Waals surface area contributed by atoms with E-state index in [9.17, 15) is 43.2 Å². The van der Waals surface area contributed by atoms with Gasteiger partial charge >= 0.3 is 6.18 Å². The van der Waals surface area contributed by atoms with Crippen molar-refractivity contribution in [1.82, 2.24) is 19.9 Å². The Labute approximate surface area is 326 Å². The van der Waals surface area contributed by atoms with Crippen LogP contribution in [0.5, 0.6) is 0 Å². The lowest BCUT2D eigenvalue weighted by atomic mass is 9.67. The molecule has 0 amide bonds. The molecule has 2 N–H and O–H groups in total. The Morgan fingerprint density at radius 3 is 2.23 bits per heavy atom. The quantitative estimate of drug-likeness (QED) is 0.173. The molecule has 2 aromatic carbocycles. The highest BCUT2D eigenvalue weighted by Gasteiger charge is 2.56. The fourth-order valence-corrected chi connectivity index (χ4v) is 13.9. The zero-order valence-corrected chi connectivity index (χ0v) is 32.2. The predicted octanol–water partition coefficient (Wildman–Crippen LogP) is 6.80. The lowest BCUT2D eigenvalue weighted by Gasteiger charge is -2.53. The molecule has 57 heavy (non-hydrogen) atoms. The van der Waals surface area contributed by atoms with Crippen LogP contribution in [-0.4, -0.2) is 91.4 Å². The summed E-state index contributed by atoms with van der Waals surface area (Å²) in [6.07, 6.45) is -1.38. The Balaban J connectivity index is 1.06. The van der Waals surface area contributed by atoms with Crippen LogP contribution in [-0.2, 0) is 26.0 Å². The number of sulfone groups is 1. The minimum atomic E-state index is -5.33. The molecular formula is C36H34F7N7O4S3. The maximum absolute atomic E-state index is 16.6. The number of thiazole rings is 1. The number of anilines is 3. The van der Waals surface area contributed by atoms with Gasteiger partial charge in [-0.3, -0.25) is 9.62 Å². The predicted molar refractivity (Wildman–Crippen MR) is 197 cm³/mol. The third kappa shape index (κ3) is 7.00. The number of halogens is 7. The Bertz CT molecular complexity index is 2460. The molecule has 2 aliphatic carbocycles. The first-order valence-corrected chi connectivity index (χ1v) is 22.3. The van der Waals surface area contributed by atoms with Crippen molar-refractivity contribution in [3.63, 3.8) is 0 Å². The molecule has 5 heterocycles. The molecule has 4 aromatic rings. The van der Waals surface area contributed by atoms with Gasteiger partial charge in [0.1, 0.15) is 10.7 Å². The van der Waals surface area contributed by atoms with E-state index in [0.29, 0.717) is 53.8 Å². The van der Waals surface area contributed by atoms with Gasteiger partial charge in [0.05, 0.1) is 39.0 Å². The van der Waals surface area contributed by atoms with Crippen LogP contribution in [0.15, 0.2) is 53.6 Å². The first-order chi connectivity index (χ1) is 26.8. The molecule has 9 rings (SSSR count). The van der Waals surface area contributed by atoms with Gasteiger partial charge in [0, 0.05) is 67.3 Å². The number of benzene rings is 2. The number of sulfonamides is 1. The molecule has 2 atom stereocenters. The lowest BCUT2D eigenvalue weighted by Crippen LogP contribution is -2.61. The smallest absolute Gasteiger partial charge is 0.351 e. The van der Waals surface area contributed by atoms with Crippen molar-refractivity contribution in [2.24, 2.45) is 5.41 Å². The average molecular weight is 858 g/mol. The second-order valence-electron chi connectivity index (χ2n) is 15.8. The molecule has 1 spiro atoms. The van der Waals surface area contributed by atoms with Crippen LogP contribution in [0.3, 0.4) is 0 Å². The monoisotopic (exact) mass is 857 g/mol. The molecule has 2 saturated carbocycles. The fraction of sp³-hybridized carbons (Fsp3) is 0.472. The maximum atomic E-state index is 16.6. The number of hydrogen-bond acceptors (Lipinski definition) is 11. The van der Waals surface area contributed by atoms with Crippen LogP contribution in [0.4, 0.5) is 47.5 Å². The van der Waals surface area contributed by atoms with E-state index in [1.165, 1.54) is 29.7 Å². The van der Waals surface area contributed by atoms with Crippen molar-refractivity contribution in [2.75, 3.05) is 39.5 Å². The van der Waals surface area contributed by atoms with Crippen LogP contribution in [0, 0.1) is 17.0 Å². The third-order valence-electron chi connectivity index (χ3n) is 11.6. The van der Waals surface area contributed by atoms with Gasteiger partial charge in [-0.2, -0.15) is 13.2 Å². The van der Waals surface area contributed by atoms with Crippen LogP contribution in [0.2, 0.25) is 0 Å². The van der Waals surface area contributed by atoms with Gasteiger partial charge in [0.25, 0.3) is 15.9 Å². The molecule has 304 valence electrons. The standard InChI is InChI=1S/C36H34F7N7O4S3/c37-25-5-2-4-24(36(41,42)43)31(25)57(53,54)48-26-6-1-3-23(28(26)38)29-30(27-9-10-44-32(46-27)45-19-11-34(12-19)17-56(51,52)18-34)55-33(47-29)50-20-7-8-21(50)16-49(15-20)22-13-35(39,40)14-22/h1-6,9-10,19-22,48H,7-8,11-18H2,(H,44,45,46). The summed E-state index contributed by atoms with van der Waals surface area (Å²) in [4.78, 5) is 16.8. The molecule has 2 bridgehead atoms. The summed E-state index contributed by atoms with van der Waals surface area (Å²) in [5, 5.41) is 3.73. The first kappa shape index (κ1) is 38.4. The van der Waals surface area contributed by atoms with Gasteiger partial charge < -0.3 is 10.2 Å². The molecule has 21 heteroatoms. The zero-order chi connectivity index (χ0) is 40.3. The van der Waals surface area contributed by atoms with Gasteiger partial charge in [-0.25, -0.2) is 49.3 Å². The number of alkyl halides is 5. The topological polar surface area (TPSA) is 137 Å². The minimum Gasteiger partial charge on any atom is -0.351 e. The van der Waals surface area contributed by atoms with E-state index in [1.54, 1.807) is 6.07 Å². The number of hydrogen-bond donors (Lipinski definition) is 2. The highest BCUT2D eigenvalue weighted by Crippen LogP contribution is 2.51. The lowest BCUT2D eigenvalue weighted by molar-refractivity contribution is -0.140. The summed E-state index contributed by atoms with van der Waals surface area (Å²) in [5.41, 5.74) is -2.62. The van der Waals surface area contributed by atoms with Gasteiger partial charge in [-0.1, -0.05) is 23.5 Å². The van der Waals surface area contributed by atoms with Crippen LogP contribution < -0.4 is 14.9 Å². The Kier molecular flexibility index (Phi) is 8.91. The number of fused-ring (bicyclic) bond motifs is 2. The Morgan fingerprint density at radius 1 is 0.895 bits per heavy atom. The summed E-state index contributed by atoms with van der Waals surface area (Å²) >= 11 is 1.19. The van der Waals surface area contributed by atoms with E-state index in [0.717, 1.165) is 25.0 Å². The summed E-state index contributed by atoms with van der Waals surface area (Å²) in [6.45, 7) is 1.05. The van der Waals surface area contributed by atoms with E-state index < -0.39 is 59.7 Å². The first-order valence-electron chi connectivity index (χ1n) is 18.2. The number of likely N-dealkylation sites (tertiary alicyclic amines) is 1. The molecule has 0 radical (unpaired) electrons. The normalized spacial score (nSPS) is 24.2. The van der Waals surface area contributed by atoms with Crippen LogP contribution >= 0.6 is 11.3 Å². The van der Waals surface area contributed by atoms with Crippen molar-refractivity contribution in [3.05, 3.63) is 65.9 Å². The SMILES string of the molecule is O=S1(=O)CC2(CC(Nc3nccc(-c4sc(N5C6CCC5CN(C5CC(F)(F)C5)C6)nc4-c4cccc(NS(=O)(=O)c5c(F)cccc5C(F)(F)F)c4F)n3)C2)C1. The van der Waals surface area contributed by atoms with Crippen LogP contribution in [0.25, 0.3) is 21.8 Å². The van der Waals surface area contributed by atoms with Crippen LogP contribution in [0.1, 0.15) is 44.1 Å². The molecule has 2 aromatic heterocycles. The van der Waals surface area contributed by atoms with Crippen molar-refractivity contribution in [1.29, 1.82) is 0 Å². The Hall–Kier alpha value is -4.08. The Morgan fingerprint density at radius 2 is 1.58 bits per heavy atom. The minimum absolute atomic E-state index is 0.0443. The molecule has 11 nitrogen and oxygen atoms in total. The average Bonchev–Trinajstić information content (AvgIpc) is 3.63. The zero-order valence-electron chi connectivity index (χ0n) is 29.7. The van der Waals surface area contributed by atoms with Gasteiger partial charge in [-0.05, 0) is 56.0 Å². The number of nitrogens with zero attached hydrogens (tertiary/aromatic N) is 5. The number of aromatic nitrogens is 3. The van der Waals surface area contributed by atoms with Gasteiger partial charge in [0.2, 0.25) is 5.95 Å². The highest BCUT2D eigenvalue weighted by molar-refractivity contribution is 7.93. The molecular weight excluding hydrogens is 824 g/mol. The van der Waals surface area contributed by atoms with Gasteiger partial charge in [-0.15, -0.1) is 0 Å². The van der Waals surface area contributed by atoms with Crippen molar-refractivity contribution >= 4 is 48.0 Å². The third-order valence-corrected chi connectivity index (χ3v) is 16.2. The number of piperazine rings is 1. The maximum Gasteiger partial charge on any atom is 0.417 e. The summed E-state index contributed by atoms with van der Waals surface area (Å²) < 4.78 is 152. The van der Waals surface area contributed by atoms with Crippen molar-refractivity contribution in [3.8, 4) is 21.8 Å². The number of rotatable bonds is 9. The molecule has 5 aliphatic rings. The second-order valence-corrected chi connectivity index (χ2v) is 20.4. The van der Waals surface area contributed by atoms with Crippen molar-refractivity contribution in [2.45, 2.75) is 79.7 Å². The van der Waals surface area contributed by atoms with Crippen molar-refractivity contribution < 1.29 is 47.6 Å². The molecule has 3 aliphatic heterocycles.